The molecule has 2 nitrogen and oxygen atoms in total. The molecule has 0 radical (unpaired) electrons. The molecule has 0 rings (SSSR count). The maximum atomic E-state index is 11.3. The summed E-state index contributed by atoms with van der Waals surface area (Å²) < 4.78 is 5.18. The Morgan fingerprint density at radius 3 is 2.60 bits per heavy atom. The highest BCUT2D eigenvalue weighted by Gasteiger charge is 2.11. The Morgan fingerprint density at radius 2 is 2.13 bits per heavy atom. The first kappa shape index (κ1) is 14.7. The number of alkyl halides is 1. The van der Waals surface area contributed by atoms with Crippen LogP contribution in [0, 0.1) is 5.92 Å². The first-order valence-electron chi connectivity index (χ1n) is 5.56. The van der Waals surface area contributed by atoms with Gasteiger partial charge in [-0.15, -0.1) is 0 Å². The second kappa shape index (κ2) is 8.96. The smallest absolute Gasteiger partial charge is 0.334 e. The fourth-order valence-corrected chi connectivity index (χ4v) is 1.48. The number of esters is 1. The predicted octanol–water partition coefficient (Wildman–Crippen LogP) is 3.70. The molecule has 0 heterocycles. The minimum atomic E-state index is -0.276. The molecule has 1 atom stereocenters. The second-order valence-corrected chi connectivity index (χ2v) is 4.31. The van der Waals surface area contributed by atoms with Gasteiger partial charge in [0.15, 0.2) is 0 Å². The molecule has 0 spiro atoms. The van der Waals surface area contributed by atoms with Gasteiger partial charge >= 0.3 is 5.97 Å². The van der Waals surface area contributed by atoms with Crippen molar-refractivity contribution in [1.29, 1.82) is 0 Å². The lowest BCUT2D eigenvalue weighted by molar-refractivity contribution is -0.140. The number of carbonyl (C=O) groups excluding carboxylic acids is 1. The first-order valence-corrected chi connectivity index (χ1v) is 6.68. The molecule has 0 N–H and O–H groups in total. The summed E-state index contributed by atoms with van der Waals surface area (Å²) in [5.41, 5.74) is 0.486. The summed E-state index contributed by atoms with van der Waals surface area (Å²) in [5.74, 6) is 0.221. The summed E-state index contributed by atoms with van der Waals surface area (Å²) in [7, 11) is 0. The van der Waals surface area contributed by atoms with Crippen molar-refractivity contribution in [2.45, 2.75) is 39.5 Å². The Kier molecular flexibility index (Phi) is 8.77. The van der Waals surface area contributed by atoms with E-state index in [1.165, 1.54) is 12.8 Å². The van der Waals surface area contributed by atoms with Crippen LogP contribution >= 0.6 is 15.9 Å². The Labute approximate surface area is 101 Å². The number of halogens is 1. The van der Waals surface area contributed by atoms with E-state index in [2.05, 4.69) is 36.4 Å². The molecule has 0 saturated heterocycles. The number of hydrogen-bond donors (Lipinski definition) is 0. The third kappa shape index (κ3) is 6.72. The maximum absolute atomic E-state index is 11.3. The Morgan fingerprint density at radius 1 is 1.47 bits per heavy atom. The van der Waals surface area contributed by atoms with Crippen molar-refractivity contribution < 1.29 is 9.53 Å². The van der Waals surface area contributed by atoms with Crippen LogP contribution in [0.5, 0.6) is 0 Å². The largest absolute Gasteiger partial charge is 0.462 e. The van der Waals surface area contributed by atoms with Gasteiger partial charge in [0.2, 0.25) is 0 Å². The molecule has 0 aliphatic rings. The van der Waals surface area contributed by atoms with Crippen LogP contribution in [0.4, 0.5) is 0 Å². The van der Waals surface area contributed by atoms with Crippen LogP contribution in [0.15, 0.2) is 12.2 Å². The van der Waals surface area contributed by atoms with E-state index >= 15 is 0 Å². The van der Waals surface area contributed by atoms with E-state index in [0.29, 0.717) is 23.4 Å². The van der Waals surface area contributed by atoms with Crippen LogP contribution < -0.4 is 0 Å². The number of hydrogen-bond acceptors (Lipinski definition) is 2. The molecule has 0 aliphatic heterocycles. The van der Waals surface area contributed by atoms with E-state index in [-0.39, 0.29) is 5.97 Å². The highest BCUT2D eigenvalue weighted by atomic mass is 79.9. The van der Waals surface area contributed by atoms with Gasteiger partial charge in [-0.3, -0.25) is 0 Å². The van der Waals surface area contributed by atoms with E-state index in [9.17, 15) is 4.79 Å². The van der Waals surface area contributed by atoms with Gasteiger partial charge in [0.05, 0.1) is 6.61 Å². The zero-order chi connectivity index (χ0) is 11.7. The Balaban J connectivity index is 3.79. The van der Waals surface area contributed by atoms with Crippen molar-refractivity contribution in [1.82, 2.24) is 0 Å². The van der Waals surface area contributed by atoms with Crippen molar-refractivity contribution in [3.05, 3.63) is 12.2 Å². The van der Waals surface area contributed by atoms with Gasteiger partial charge in [-0.2, -0.15) is 0 Å². The van der Waals surface area contributed by atoms with Crippen LogP contribution in [0.3, 0.4) is 0 Å². The van der Waals surface area contributed by atoms with Gasteiger partial charge in [-0.05, 0) is 12.3 Å². The molecule has 0 amide bonds. The van der Waals surface area contributed by atoms with Crippen LogP contribution in [0.25, 0.3) is 0 Å². The summed E-state index contributed by atoms with van der Waals surface area (Å²) in [6.07, 6.45) is 4.60. The minimum absolute atomic E-state index is 0.276. The van der Waals surface area contributed by atoms with Gasteiger partial charge < -0.3 is 4.74 Å². The summed E-state index contributed by atoms with van der Waals surface area (Å²) in [6, 6.07) is 0. The number of unbranched alkanes of at least 4 members (excludes halogenated alkanes) is 1. The molecule has 0 fully saturated rings. The fourth-order valence-electron chi connectivity index (χ4n) is 1.25. The van der Waals surface area contributed by atoms with E-state index in [1.807, 2.05) is 0 Å². The van der Waals surface area contributed by atoms with E-state index in [1.54, 1.807) is 0 Å². The Hall–Kier alpha value is -0.310. The second-order valence-electron chi connectivity index (χ2n) is 3.75. The third-order valence-corrected chi connectivity index (χ3v) is 3.12. The summed E-state index contributed by atoms with van der Waals surface area (Å²) in [4.78, 5) is 11.3. The lowest BCUT2D eigenvalue weighted by Gasteiger charge is -2.14. The predicted molar refractivity (Wildman–Crippen MR) is 67.2 cm³/mol. The molecule has 0 saturated carbocycles. The van der Waals surface area contributed by atoms with Crippen LogP contribution in [-0.2, 0) is 9.53 Å². The maximum Gasteiger partial charge on any atom is 0.334 e. The molecule has 1 unspecified atom stereocenters. The quantitative estimate of drug-likeness (QED) is 0.384. The van der Waals surface area contributed by atoms with Crippen LogP contribution in [0.2, 0.25) is 0 Å². The highest BCUT2D eigenvalue weighted by Crippen LogP contribution is 2.13. The molecule has 15 heavy (non-hydrogen) atoms. The van der Waals surface area contributed by atoms with Crippen LogP contribution in [-0.4, -0.2) is 17.9 Å². The molecular formula is C12H21BrO2. The number of rotatable bonds is 8. The van der Waals surface area contributed by atoms with Gasteiger partial charge in [-0.25, -0.2) is 4.79 Å². The van der Waals surface area contributed by atoms with Crippen molar-refractivity contribution >= 4 is 21.9 Å². The standard InChI is InChI=1S/C12H21BrO2/c1-4-6-7-11(5-2)9-15-12(14)10(3)8-13/h11H,3-9H2,1-2H3. The monoisotopic (exact) mass is 276 g/mol. The first-order chi connectivity index (χ1) is 7.15. The van der Waals surface area contributed by atoms with Crippen LogP contribution in [0.1, 0.15) is 39.5 Å². The van der Waals surface area contributed by atoms with E-state index in [0.717, 1.165) is 12.8 Å². The molecule has 88 valence electrons. The van der Waals surface area contributed by atoms with Crippen molar-refractivity contribution in [3.8, 4) is 0 Å². The van der Waals surface area contributed by atoms with Gasteiger partial charge in [-0.1, -0.05) is 55.6 Å². The van der Waals surface area contributed by atoms with E-state index in [4.69, 9.17) is 4.74 Å². The number of carbonyl (C=O) groups is 1. The normalized spacial score (nSPS) is 12.2. The SMILES string of the molecule is C=C(CBr)C(=O)OCC(CC)CCCC. The molecule has 0 aromatic carbocycles. The lowest BCUT2D eigenvalue weighted by atomic mass is 10.0. The lowest BCUT2D eigenvalue weighted by Crippen LogP contribution is -2.15. The average molecular weight is 277 g/mol. The van der Waals surface area contributed by atoms with Gasteiger partial charge in [0.25, 0.3) is 0 Å². The molecular weight excluding hydrogens is 256 g/mol. The fraction of sp³-hybridized carbons (Fsp3) is 0.750. The zero-order valence-electron chi connectivity index (χ0n) is 9.72. The van der Waals surface area contributed by atoms with Crippen molar-refractivity contribution in [2.24, 2.45) is 5.92 Å². The molecule has 0 bridgehead atoms. The Bertz CT molecular complexity index is 202. The highest BCUT2D eigenvalue weighted by molar-refractivity contribution is 9.09. The molecule has 0 aliphatic carbocycles. The van der Waals surface area contributed by atoms with Crippen molar-refractivity contribution in [2.75, 3.05) is 11.9 Å². The van der Waals surface area contributed by atoms with E-state index < -0.39 is 0 Å². The topological polar surface area (TPSA) is 26.3 Å². The minimum Gasteiger partial charge on any atom is -0.462 e. The molecule has 0 aromatic heterocycles. The number of ether oxygens (including phenoxy) is 1. The summed E-state index contributed by atoms with van der Waals surface area (Å²) in [6.45, 7) is 8.45. The zero-order valence-corrected chi connectivity index (χ0v) is 11.3. The molecule has 0 aromatic rings. The summed E-state index contributed by atoms with van der Waals surface area (Å²) in [5, 5.41) is 0.484. The van der Waals surface area contributed by atoms with Crippen molar-refractivity contribution in [3.63, 3.8) is 0 Å². The van der Waals surface area contributed by atoms with Gasteiger partial charge in [0.1, 0.15) is 0 Å². The molecule has 3 heteroatoms. The summed E-state index contributed by atoms with van der Waals surface area (Å²) >= 11 is 3.18. The van der Waals surface area contributed by atoms with Gasteiger partial charge in [0, 0.05) is 10.9 Å². The third-order valence-electron chi connectivity index (χ3n) is 2.44. The average Bonchev–Trinajstić information content (AvgIpc) is 2.27.